The van der Waals surface area contributed by atoms with Crippen LogP contribution in [0.15, 0.2) is 0 Å². The molecule has 0 aliphatic rings. The fourth-order valence-corrected chi connectivity index (χ4v) is 10.5. The van der Waals surface area contributed by atoms with Gasteiger partial charge in [-0.3, -0.25) is 9.59 Å². The van der Waals surface area contributed by atoms with Crippen LogP contribution in [0.1, 0.15) is 349 Å². The molecule has 0 radical (unpaired) electrons. The number of ether oxygens (including phenoxy) is 2. The average molecular weight is 936 g/mol. The third-order valence-electron chi connectivity index (χ3n) is 14.1. The molecule has 0 aromatic rings. The maximum atomic E-state index is 12.5. The molecule has 2 atom stereocenters. The molecule has 65 heavy (non-hydrogen) atoms. The molecule has 0 amide bonds. The molecular formula is C60H118O4S. The van der Waals surface area contributed by atoms with Gasteiger partial charge in [-0.15, -0.1) is 11.8 Å². The van der Waals surface area contributed by atoms with Crippen molar-refractivity contribution in [2.24, 2.45) is 0 Å². The smallest absolute Gasteiger partial charge is 0.318 e. The molecule has 5 heteroatoms. The molecule has 0 N–H and O–H groups in total. The van der Waals surface area contributed by atoms with E-state index in [9.17, 15) is 9.59 Å². The zero-order valence-corrected chi connectivity index (χ0v) is 45.8. The first-order valence-electron chi connectivity index (χ1n) is 30.0. The Labute approximate surface area is 413 Å². The summed E-state index contributed by atoms with van der Waals surface area (Å²) < 4.78 is 11.1. The lowest BCUT2D eigenvalue weighted by molar-refractivity contribution is -0.142. The van der Waals surface area contributed by atoms with E-state index in [2.05, 4.69) is 13.8 Å². The SMILES string of the molecule is CCCCCCCCCCCCCCCCCCCCCCCCCCCOC(=O)C(C)SC(C)C(=O)OCCCCCCCCCCCCCCCCCCCCCCCCCCC. The second-order valence-electron chi connectivity index (χ2n) is 20.7. The predicted molar refractivity (Wildman–Crippen MR) is 291 cm³/mol. The van der Waals surface area contributed by atoms with Crippen LogP contribution in [0.25, 0.3) is 0 Å². The average Bonchev–Trinajstić information content (AvgIpc) is 3.31. The van der Waals surface area contributed by atoms with Crippen LogP contribution < -0.4 is 0 Å². The van der Waals surface area contributed by atoms with E-state index in [1.165, 1.54) is 307 Å². The predicted octanol–water partition coefficient (Wildman–Crippen LogP) is 21.1. The molecule has 0 aromatic carbocycles. The quantitative estimate of drug-likeness (QED) is 0.0449. The number of esters is 2. The van der Waals surface area contributed by atoms with E-state index >= 15 is 0 Å². The first-order valence-corrected chi connectivity index (χ1v) is 31.0. The van der Waals surface area contributed by atoms with Crippen molar-refractivity contribution in [2.75, 3.05) is 13.2 Å². The first-order chi connectivity index (χ1) is 32.0. The Kier molecular flexibility index (Phi) is 55.3. The normalized spacial score (nSPS) is 12.5. The van der Waals surface area contributed by atoms with Gasteiger partial charge >= 0.3 is 11.9 Å². The lowest BCUT2D eigenvalue weighted by atomic mass is 10.0. The zero-order valence-electron chi connectivity index (χ0n) is 45.0. The highest BCUT2D eigenvalue weighted by atomic mass is 32.2. The van der Waals surface area contributed by atoms with Gasteiger partial charge < -0.3 is 9.47 Å². The standard InChI is InChI=1S/C60H118O4S/c1-5-7-9-11-13-15-17-19-21-23-25-27-29-31-33-35-37-39-41-43-45-47-49-51-53-55-63-59(61)57(3)65-58(4)60(62)64-56-54-52-50-48-46-44-42-40-38-36-34-32-30-28-26-24-22-20-18-16-14-12-10-8-6-2/h57-58H,5-56H2,1-4H3. The molecule has 0 bridgehead atoms. The van der Waals surface area contributed by atoms with E-state index < -0.39 is 0 Å². The highest BCUT2D eigenvalue weighted by molar-refractivity contribution is 8.01. The number of thioether (sulfide) groups is 1. The van der Waals surface area contributed by atoms with E-state index in [0.29, 0.717) is 13.2 Å². The molecule has 0 rings (SSSR count). The summed E-state index contributed by atoms with van der Waals surface area (Å²) >= 11 is 1.35. The summed E-state index contributed by atoms with van der Waals surface area (Å²) in [7, 11) is 0. The van der Waals surface area contributed by atoms with Gasteiger partial charge in [0.15, 0.2) is 0 Å². The molecule has 0 saturated heterocycles. The van der Waals surface area contributed by atoms with Crippen LogP contribution in [0.4, 0.5) is 0 Å². The van der Waals surface area contributed by atoms with Gasteiger partial charge in [0.1, 0.15) is 10.5 Å². The second-order valence-corrected chi connectivity index (χ2v) is 22.4. The van der Waals surface area contributed by atoms with Crippen molar-refractivity contribution < 1.29 is 19.1 Å². The lowest BCUT2D eigenvalue weighted by Crippen LogP contribution is -2.25. The Morgan fingerprint density at radius 3 is 0.554 bits per heavy atom. The van der Waals surface area contributed by atoms with Gasteiger partial charge in [0.05, 0.1) is 13.2 Å². The minimum Gasteiger partial charge on any atom is -0.465 e. The molecule has 0 saturated carbocycles. The van der Waals surface area contributed by atoms with Gasteiger partial charge in [0.25, 0.3) is 0 Å². The van der Waals surface area contributed by atoms with E-state index in [-0.39, 0.29) is 22.4 Å². The van der Waals surface area contributed by atoms with Crippen LogP contribution in [-0.4, -0.2) is 35.7 Å². The molecule has 0 aromatic heterocycles. The van der Waals surface area contributed by atoms with Crippen LogP contribution in [0, 0.1) is 0 Å². The summed E-state index contributed by atoms with van der Waals surface area (Å²) in [6.07, 6.45) is 69.2. The Bertz CT molecular complexity index is 853. The summed E-state index contributed by atoms with van der Waals surface area (Å²) in [5, 5.41) is -0.712. The second kappa shape index (κ2) is 55.9. The molecule has 0 aliphatic heterocycles. The molecule has 2 unspecified atom stereocenters. The lowest BCUT2D eigenvalue weighted by Gasteiger charge is -2.16. The fraction of sp³-hybridized carbons (Fsp3) is 0.967. The largest absolute Gasteiger partial charge is 0.465 e. The summed E-state index contributed by atoms with van der Waals surface area (Å²) in [5.41, 5.74) is 0. The molecule has 0 heterocycles. The summed E-state index contributed by atoms with van der Waals surface area (Å²) in [4.78, 5) is 25.0. The van der Waals surface area contributed by atoms with Crippen LogP contribution in [0.3, 0.4) is 0 Å². The van der Waals surface area contributed by atoms with Gasteiger partial charge in [-0.1, -0.05) is 322 Å². The van der Waals surface area contributed by atoms with Crippen molar-refractivity contribution in [3.05, 3.63) is 0 Å². The van der Waals surface area contributed by atoms with Gasteiger partial charge in [-0.25, -0.2) is 0 Å². The van der Waals surface area contributed by atoms with Crippen molar-refractivity contribution in [1.82, 2.24) is 0 Å². The minimum absolute atomic E-state index is 0.209. The van der Waals surface area contributed by atoms with Crippen LogP contribution in [-0.2, 0) is 19.1 Å². The Hall–Kier alpha value is -0.710. The number of carbonyl (C=O) groups excluding carboxylic acids is 2. The molecule has 0 spiro atoms. The number of hydrogen-bond acceptors (Lipinski definition) is 5. The summed E-state index contributed by atoms with van der Waals surface area (Å²) in [6, 6.07) is 0. The highest BCUT2D eigenvalue weighted by Gasteiger charge is 2.23. The van der Waals surface area contributed by atoms with Crippen molar-refractivity contribution in [2.45, 2.75) is 359 Å². The van der Waals surface area contributed by atoms with Crippen LogP contribution in [0.2, 0.25) is 0 Å². The minimum atomic E-state index is -0.356. The molecular weight excluding hydrogens is 817 g/mol. The maximum Gasteiger partial charge on any atom is 0.318 e. The number of hydrogen-bond donors (Lipinski definition) is 0. The highest BCUT2D eigenvalue weighted by Crippen LogP contribution is 2.22. The summed E-state index contributed by atoms with van der Waals surface area (Å²) in [5.74, 6) is -0.418. The number of rotatable bonds is 56. The molecule has 0 fully saturated rings. The molecule has 4 nitrogen and oxygen atoms in total. The van der Waals surface area contributed by atoms with Crippen molar-refractivity contribution in [3.8, 4) is 0 Å². The van der Waals surface area contributed by atoms with E-state index in [1.807, 2.05) is 13.8 Å². The van der Waals surface area contributed by atoms with Gasteiger partial charge in [-0.2, -0.15) is 0 Å². The van der Waals surface area contributed by atoms with Crippen molar-refractivity contribution in [3.63, 3.8) is 0 Å². The van der Waals surface area contributed by atoms with E-state index in [4.69, 9.17) is 9.47 Å². The summed E-state index contributed by atoms with van der Waals surface area (Å²) in [6.45, 7) is 9.27. The maximum absolute atomic E-state index is 12.5. The topological polar surface area (TPSA) is 52.6 Å². The zero-order chi connectivity index (χ0) is 47.2. The van der Waals surface area contributed by atoms with Gasteiger partial charge in [0.2, 0.25) is 0 Å². The molecule has 0 aliphatic carbocycles. The van der Waals surface area contributed by atoms with Gasteiger partial charge in [-0.05, 0) is 26.7 Å². The fourth-order valence-electron chi connectivity index (χ4n) is 9.48. The number of unbranched alkanes of at least 4 members (excludes halogenated alkanes) is 48. The van der Waals surface area contributed by atoms with Gasteiger partial charge in [0, 0.05) is 0 Å². The van der Waals surface area contributed by atoms with Crippen molar-refractivity contribution >= 4 is 23.7 Å². The Morgan fingerprint density at radius 2 is 0.400 bits per heavy atom. The number of carbonyl (C=O) groups is 2. The van der Waals surface area contributed by atoms with E-state index in [0.717, 1.165) is 25.7 Å². The first kappa shape index (κ1) is 64.3. The third-order valence-corrected chi connectivity index (χ3v) is 15.3. The van der Waals surface area contributed by atoms with E-state index in [1.54, 1.807) is 0 Å². The monoisotopic (exact) mass is 935 g/mol. The third kappa shape index (κ3) is 52.5. The Balaban J connectivity index is 3.39. The van der Waals surface area contributed by atoms with Crippen LogP contribution in [0.5, 0.6) is 0 Å². The van der Waals surface area contributed by atoms with Crippen LogP contribution >= 0.6 is 11.8 Å². The van der Waals surface area contributed by atoms with Crippen molar-refractivity contribution in [1.29, 1.82) is 0 Å². The molecule has 388 valence electrons. The Morgan fingerprint density at radius 1 is 0.262 bits per heavy atom.